The molecular formula is C18H25N3O2. The van der Waals surface area contributed by atoms with Crippen LogP contribution in [0, 0.1) is 0 Å². The molecule has 0 saturated heterocycles. The first kappa shape index (κ1) is 16.0. The Morgan fingerprint density at radius 2 is 2.04 bits per heavy atom. The third-order valence-corrected chi connectivity index (χ3v) is 4.28. The van der Waals surface area contributed by atoms with E-state index in [1.54, 1.807) is 7.11 Å². The molecule has 23 heavy (non-hydrogen) atoms. The van der Waals surface area contributed by atoms with Crippen molar-refractivity contribution < 1.29 is 9.47 Å². The summed E-state index contributed by atoms with van der Waals surface area (Å²) in [5, 5.41) is 4.64. The molecule has 3 rings (SSSR count). The Morgan fingerprint density at radius 3 is 2.74 bits per heavy atom. The average molecular weight is 315 g/mol. The van der Waals surface area contributed by atoms with Gasteiger partial charge in [-0.1, -0.05) is 12.1 Å². The maximum absolute atomic E-state index is 5.68. The summed E-state index contributed by atoms with van der Waals surface area (Å²) in [6.45, 7) is 6.38. The molecular weight excluding hydrogens is 290 g/mol. The van der Waals surface area contributed by atoms with Crippen LogP contribution in [-0.2, 0) is 24.9 Å². The van der Waals surface area contributed by atoms with Gasteiger partial charge in [-0.2, -0.15) is 5.10 Å². The van der Waals surface area contributed by atoms with Crippen LogP contribution in [0.25, 0.3) is 0 Å². The summed E-state index contributed by atoms with van der Waals surface area (Å²) in [7, 11) is 3.69. The predicted octanol–water partition coefficient (Wildman–Crippen LogP) is 2.56. The second kappa shape index (κ2) is 7.15. The average Bonchev–Trinajstić information content (AvgIpc) is 2.93. The number of hydrogen-bond acceptors (Lipinski definition) is 4. The summed E-state index contributed by atoms with van der Waals surface area (Å²) >= 11 is 0. The minimum atomic E-state index is 0.346. The molecule has 124 valence electrons. The molecule has 1 aliphatic heterocycles. The number of fused-ring (bicyclic) bond motifs is 1. The van der Waals surface area contributed by atoms with Gasteiger partial charge in [-0.25, -0.2) is 0 Å². The first-order valence-corrected chi connectivity index (χ1v) is 8.15. The Labute approximate surface area is 137 Å². The molecule has 0 fully saturated rings. The zero-order valence-corrected chi connectivity index (χ0v) is 14.2. The quantitative estimate of drug-likeness (QED) is 0.821. The van der Waals surface area contributed by atoms with Crippen molar-refractivity contribution in [2.45, 2.75) is 25.9 Å². The van der Waals surface area contributed by atoms with E-state index in [0.717, 1.165) is 38.6 Å². The Hall–Kier alpha value is -1.85. The monoisotopic (exact) mass is 315 g/mol. The molecule has 5 heteroatoms. The lowest BCUT2D eigenvalue weighted by Crippen LogP contribution is -2.34. The predicted molar refractivity (Wildman–Crippen MR) is 89.6 cm³/mol. The number of aryl methyl sites for hydroxylation is 1. The van der Waals surface area contributed by atoms with Gasteiger partial charge in [-0.3, -0.25) is 9.58 Å². The van der Waals surface area contributed by atoms with Crippen molar-refractivity contribution >= 4 is 0 Å². The third-order valence-electron chi connectivity index (χ3n) is 4.28. The molecule has 0 amide bonds. The zero-order chi connectivity index (χ0) is 16.2. The molecule has 1 aromatic carbocycles. The second-order valence-corrected chi connectivity index (χ2v) is 6.09. The fourth-order valence-electron chi connectivity index (χ4n) is 3.23. The van der Waals surface area contributed by atoms with Crippen molar-refractivity contribution in [3.05, 3.63) is 47.3 Å². The smallest absolute Gasteiger partial charge is 0.118 e. The van der Waals surface area contributed by atoms with E-state index in [9.17, 15) is 0 Å². The van der Waals surface area contributed by atoms with E-state index >= 15 is 0 Å². The molecule has 1 aliphatic rings. The van der Waals surface area contributed by atoms with Gasteiger partial charge in [0.1, 0.15) is 5.75 Å². The van der Waals surface area contributed by atoms with Crippen molar-refractivity contribution in [2.24, 2.45) is 7.05 Å². The number of nitrogens with zero attached hydrogens (tertiary/aromatic N) is 3. The Morgan fingerprint density at radius 1 is 1.26 bits per heavy atom. The van der Waals surface area contributed by atoms with Gasteiger partial charge < -0.3 is 9.47 Å². The van der Waals surface area contributed by atoms with E-state index in [1.807, 2.05) is 30.8 Å². The summed E-state index contributed by atoms with van der Waals surface area (Å²) < 4.78 is 12.8. The number of ether oxygens (including phenoxy) is 2. The van der Waals surface area contributed by atoms with E-state index < -0.39 is 0 Å². The van der Waals surface area contributed by atoms with E-state index in [4.69, 9.17) is 9.47 Å². The van der Waals surface area contributed by atoms with Gasteiger partial charge in [0.25, 0.3) is 0 Å². The molecule has 0 bridgehead atoms. The molecule has 5 nitrogen and oxygen atoms in total. The maximum atomic E-state index is 5.68. The SMILES string of the molecule is CCOCC1CN(Cc2ccc(OC)cc2)Cc2cn(C)nc21. The van der Waals surface area contributed by atoms with Crippen LogP contribution in [0.15, 0.2) is 30.5 Å². The number of hydrogen-bond donors (Lipinski definition) is 0. The van der Waals surface area contributed by atoms with Crippen LogP contribution >= 0.6 is 0 Å². The second-order valence-electron chi connectivity index (χ2n) is 6.09. The Bertz CT molecular complexity index is 636. The summed E-state index contributed by atoms with van der Waals surface area (Å²) in [4.78, 5) is 2.47. The molecule has 1 aromatic heterocycles. The van der Waals surface area contributed by atoms with Crippen LogP contribution in [0.5, 0.6) is 5.75 Å². The van der Waals surface area contributed by atoms with Crippen molar-refractivity contribution in [3.8, 4) is 5.75 Å². The van der Waals surface area contributed by atoms with E-state index in [1.165, 1.54) is 16.8 Å². The van der Waals surface area contributed by atoms with E-state index in [0.29, 0.717) is 5.92 Å². The molecule has 0 saturated carbocycles. The molecule has 2 heterocycles. The fraction of sp³-hybridized carbons (Fsp3) is 0.500. The van der Waals surface area contributed by atoms with Crippen molar-refractivity contribution in [1.29, 1.82) is 0 Å². The molecule has 2 aromatic rings. The number of methoxy groups -OCH3 is 1. The normalized spacial score (nSPS) is 18.0. The topological polar surface area (TPSA) is 39.5 Å². The largest absolute Gasteiger partial charge is 0.497 e. The minimum Gasteiger partial charge on any atom is -0.497 e. The van der Waals surface area contributed by atoms with Gasteiger partial charge in [0.15, 0.2) is 0 Å². The lowest BCUT2D eigenvalue weighted by Gasteiger charge is -2.31. The Kier molecular flexibility index (Phi) is 4.98. The first-order chi connectivity index (χ1) is 11.2. The van der Waals surface area contributed by atoms with Crippen LogP contribution in [0.4, 0.5) is 0 Å². The highest BCUT2D eigenvalue weighted by Gasteiger charge is 2.28. The molecule has 1 unspecified atom stereocenters. The highest BCUT2D eigenvalue weighted by atomic mass is 16.5. The van der Waals surface area contributed by atoms with Crippen molar-refractivity contribution in [2.75, 3.05) is 26.9 Å². The van der Waals surface area contributed by atoms with Crippen molar-refractivity contribution in [3.63, 3.8) is 0 Å². The number of benzene rings is 1. The minimum absolute atomic E-state index is 0.346. The number of rotatable bonds is 6. The number of aromatic nitrogens is 2. The van der Waals surface area contributed by atoms with Crippen LogP contribution < -0.4 is 4.74 Å². The summed E-state index contributed by atoms with van der Waals surface area (Å²) in [6, 6.07) is 8.31. The lowest BCUT2D eigenvalue weighted by atomic mass is 9.97. The van der Waals surface area contributed by atoms with Gasteiger partial charge in [-0.15, -0.1) is 0 Å². The Balaban J connectivity index is 1.73. The fourth-order valence-corrected chi connectivity index (χ4v) is 3.23. The van der Waals surface area contributed by atoms with E-state index in [-0.39, 0.29) is 0 Å². The van der Waals surface area contributed by atoms with E-state index in [2.05, 4.69) is 28.3 Å². The third kappa shape index (κ3) is 3.74. The summed E-state index contributed by atoms with van der Waals surface area (Å²) in [6.07, 6.45) is 2.13. The van der Waals surface area contributed by atoms with Gasteiger partial charge in [0.2, 0.25) is 0 Å². The highest BCUT2D eigenvalue weighted by molar-refractivity contribution is 5.28. The lowest BCUT2D eigenvalue weighted by molar-refractivity contribution is 0.104. The maximum Gasteiger partial charge on any atom is 0.118 e. The molecule has 0 N–H and O–H groups in total. The van der Waals surface area contributed by atoms with Crippen molar-refractivity contribution in [1.82, 2.24) is 14.7 Å². The highest BCUT2D eigenvalue weighted by Crippen LogP contribution is 2.28. The van der Waals surface area contributed by atoms with Crippen LogP contribution in [0.2, 0.25) is 0 Å². The molecule has 0 aliphatic carbocycles. The van der Waals surface area contributed by atoms with Gasteiger partial charge in [0, 0.05) is 51.0 Å². The van der Waals surface area contributed by atoms with Gasteiger partial charge >= 0.3 is 0 Å². The summed E-state index contributed by atoms with van der Waals surface area (Å²) in [5.41, 5.74) is 3.82. The van der Waals surface area contributed by atoms with Gasteiger partial charge in [0.05, 0.1) is 19.4 Å². The molecule has 1 atom stereocenters. The van der Waals surface area contributed by atoms with Gasteiger partial charge in [-0.05, 0) is 24.6 Å². The molecule has 0 radical (unpaired) electrons. The molecule has 0 spiro atoms. The zero-order valence-electron chi connectivity index (χ0n) is 14.2. The van der Waals surface area contributed by atoms with Crippen LogP contribution in [-0.4, -0.2) is 41.5 Å². The summed E-state index contributed by atoms with van der Waals surface area (Å²) in [5.74, 6) is 1.24. The first-order valence-electron chi connectivity index (χ1n) is 8.15. The standard InChI is InChI=1S/C18H25N3O2/c1-4-23-13-16-12-21(11-15-10-20(2)19-18(15)16)9-14-5-7-17(22-3)8-6-14/h5-8,10,16H,4,9,11-13H2,1-3H3. The van der Waals surface area contributed by atoms with Crippen LogP contribution in [0.3, 0.4) is 0 Å². The van der Waals surface area contributed by atoms with Crippen LogP contribution in [0.1, 0.15) is 29.7 Å².